The molecule has 7 heteroatoms. The lowest BCUT2D eigenvalue weighted by atomic mass is 10.0. The van der Waals surface area contributed by atoms with Crippen molar-refractivity contribution in [3.8, 4) is 0 Å². The largest absolute Gasteiger partial charge is 0.426 e. The quantitative estimate of drug-likeness (QED) is 0.842. The summed E-state index contributed by atoms with van der Waals surface area (Å²) in [4.78, 5) is 24.0. The molecular weight excluding hydrogens is 323 g/mol. The molecule has 0 aliphatic carbocycles. The summed E-state index contributed by atoms with van der Waals surface area (Å²) in [5.74, 6) is -1.96. The number of halogens is 3. The Morgan fingerprint density at radius 1 is 0.958 bits per heavy atom. The lowest BCUT2D eigenvalue weighted by Crippen LogP contribution is -2.52. The third kappa shape index (κ3) is 3.62. The van der Waals surface area contributed by atoms with Gasteiger partial charge in [-0.1, -0.05) is 42.5 Å². The van der Waals surface area contributed by atoms with Gasteiger partial charge in [0.15, 0.2) is 5.78 Å². The molecule has 2 aromatic carbocycles. The van der Waals surface area contributed by atoms with E-state index in [4.69, 9.17) is 0 Å². The average Bonchev–Trinajstić information content (AvgIpc) is 2.54. The standard InChI is InChI=1S/C17H14F3NO3/c1-16(24,17(18,19)20)15(23)21-13-9-5-8-12(10-13)14(22)11-6-3-2-4-7-11/h2-10,24H,1H3,(H,21,23). The average molecular weight is 337 g/mol. The van der Waals surface area contributed by atoms with Gasteiger partial charge in [0, 0.05) is 16.8 Å². The number of amides is 1. The van der Waals surface area contributed by atoms with E-state index in [0.29, 0.717) is 12.5 Å². The van der Waals surface area contributed by atoms with Gasteiger partial charge in [-0.15, -0.1) is 0 Å². The summed E-state index contributed by atoms with van der Waals surface area (Å²) in [5.41, 5.74) is -2.95. The Kier molecular flexibility index (Phi) is 4.75. The maximum absolute atomic E-state index is 12.7. The molecule has 4 nitrogen and oxygen atoms in total. The van der Waals surface area contributed by atoms with Gasteiger partial charge < -0.3 is 10.4 Å². The first-order chi connectivity index (χ1) is 11.1. The second-order valence-electron chi connectivity index (χ2n) is 5.30. The van der Waals surface area contributed by atoms with Crippen molar-refractivity contribution in [1.82, 2.24) is 0 Å². The van der Waals surface area contributed by atoms with E-state index < -0.39 is 17.7 Å². The van der Waals surface area contributed by atoms with Crippen LogP contribution in [0.2, 0.25) is 0 Å². The van der Waals surface area contributed by atoms with Gasteiger partial charge in [-0.3, -0.25) is 9.59 Å². The van der Waals surface area contributed by atoms with E-state index in [9.17, 15) is 27.9 Å². The number of anilines is 1. The Balaban J connectivity index is 2.23. The summed E-state index contributed by atoms with van der Waals surface area (Å²) in [6.07, 6.45) is -5.12. The molecule has 1 amide bonds. The lowest BCUT2D eigenvalue weighted by molar-refractivity contribution is -0.242. The van der Waals surface area contributed by atoms with Crippen molar-refractivity contribution in [3.05, 3.63) is 65.7 Å². The Labute approximate surface area is 135 Å². The smallest absolute Gasteiger partial charge is 0.373 e. The lowest BCUT2D eigenvalue weighted by Gasteiger charge is -2.24. The first-order valence-electron chi connectivity index (χ1n) is 6.93. The van der Waals surface area contributed by atoms with Crippen molar-refractivity contribution in [1.29, 1.82) is 0 Å². The van der Waals surface area contributed by atoms with Crippen LogP contribution in [-0.2, 0) is 4.79 Å². The third-order valence-electron chi connectivity index (χ3n) is 3.41. The van der Waals surface area contributed by atoms with Crippen LogP contribution in [0.25, 0.3) is 0 Å². The van der Waals surface area contributed by atoms with Crippen molar-refractivity contribution in [2.24, 2.45) is 0 Å². The number of hydrogen-bond acceptors (Lipinski definition) is 3. The summed E-state index contributed by atoms with van der Waals surface area (Å²) >= 11 is 0. The van der Waals surface area contributed by atoms with Crippen LogP contribution < -0.4 is 5.32 Å². The molecule has 1 unspecified atom stereocenters. The number of ketones is 1. The van der Waals surface area contributed by atoms with Crippen molar-refractivity contribution in [3.63, 3.8) is 0 Å². The van der Waals surface area contributed by atoms with E-state index in [2.05, 4.69) is 0 Å². The van der Waals surface area contributed by atoms with Crippen molar-refractivity contribution in [2.45, 2.75) is 18.7 Å². The van der Waals surface area contributed by atoms with Crippen LogP contribution >= 0.6 is 0 Å². The maximum atomic E-state index is 12.7. The molecule has 0 aliphatic heterocycles. The summed E-state index contributed by atoms with van der Waals surface area (Å²) < 4.78 is 38.0. The van der Waals surface area contributed by atoms with Crippen molar-refractivity contribution in [2.75, 3.05) is 5.32 Å². The molecule has 2 N–H and O–H groups in total. The molecular formula is C17H14F3NO3. The van der Waals surface area contributed by atoms with Crippen molar-refractivity contribution < 1.29 is 27.9 Å². The highest BCUT2D eigenvalue weighted by molar-refractivity contribution is 6.09. The van der Waals surface area contributed by atoms with Gasteiger partial charge in [-0.2, -0.15) is 13.2 Å². The van der Waals surface area contributed by atoms with Gasteiger partial charge in [0.05, 0.1) is 0 Å². The predicted molar refractivity (Wildman–Crippen MR) is 81.6 cm³/mol. The van der Waals surface area contributed by atoms with E-state index in [1.54, 1.807) is 30.3 Å². The summed E-state index contributed by atoms with van der Waals surface area (Å²) in [6.45, 7) is 0.362. The molecule has 0 radical (unpaired) electrons. The molecule has 24 heavy (non-hydrogen) atoms. The number of carbonyl (C=O) groups excluding carboxylic acids is 2. The van der Waals surface area contributed by atoms with Crippen LogP contribution in [0.15, 0.2) is 54.6 Å². The molecule has 0 aliphatic rings. The van der Waals surface area contributed by atoms with Gasteiger partial charge in [0.25, 0.3) is 5.91 Å². The van der Waals surface area contributed by atoms with Crippen LogP contribution in [0, 0.1) is 0 Å². The Bertz CT molecular complexity index is 755. The molecule has 0 heterocycles. The molecule has 0 fully saturated rings. The molecule has 2 aromatic rings. The summed E-state index contributed by atoms with van der Waals surface area (Å²) in [5, 5.41) is 11.3. The van der Waals surface area contributed by atoms with Gasteiger partial charge in [-0.05, 0) is 19.1 Å². The minimum absolute atomic E-state index is 0.0219. The normalized spacial score (nSPS) is 13.9. The number of carbonyl (C=O) groups is 2. The van der Waals surface area contributed by atoms with Gasteiger partial charge in [0.1, 0.15) is 0 Å². The second kappa shape index (κ2) is 6.45. The fourth-order valence-corrected chi connectivity index (χ4v) is 1.88. The van der Waals surface area contributed by atoms with Crippen molar-refractivity contribution >= 4 is 17.4 Å². The van der Waals surface area contributed by atoms with Gasteiger partial charge >= 0.3 is 6.18 Å². The molecule has 0 saturated heterocycles. The Hall–Kier alpha value is -2.67. The van der Waals surface area contributed by atoms with E-state index >= 15 is 0 Å². The molecule has 126 valence electrons. The third-order valence-corrected chi connectivity index (χ3v) is 3.41. The monoisotopic (exact) mass is 337 g/mol. The highest BCUT2D eigenvalue weighted by Gasteiger charge is 2.55. The van der Waals surface area contributed by atoms with Crippen LogP contribution in [0.5, 0.6) is 0 Å². The molecule has 1 atom stereocenters. The molecule has 0 bridgehead atoms. The van der Waals surface area contributed by atoms with E-state index in [1.807, 2.05) is 5.32 Å². The van der Waals surface area contributed by atoms with E-state index in [0.717, 1.165) is 0 Å². The first kappa shape index (κ1) is 17.7. The molecule has 0 spiro atoms. The topological polar surface area (TPSA) is 66.4 Å². The zero-order valence-electron chi connectivity index (χ0n) is 12.6. The zero-order valence-corrected chi connectivity index (χ0v) is 12.6. The van der Waals surface area contributed by atoms with E-state index in [-0.39, 0.29) is 17.0 Å². The second-order valence-corrected chi connectivity index (χ2v) is 5.30. The number of rotatable bonds is 4. The predicted octanol–water partition coefficient (Wildman–Crippen LogP) is 3.17. The highest BCUT2D eigenvalue weighted by atomic mass is 19.4. The summed E-state index contributed by atoms with van der Waals surface area (Å²) in [7, 11) is 0. The van der Waals surface area contributed by atoms with E-state index in [1.165, 1.54) is 24.3 Å². The van der Waals surface area contributed by atoms with Crippen LogP contribution in [0.3, 0.4) is 0 Å². The SMILES string of the molecule is CC(O)(C(=O)Nc1cccc(C(=O)c2ccccc2)c1)C(F)(F)F. The zero-order chi connectivity index (χ0) is 18.0. The first-order valence-corrected chi connectivity index (χ1v) is 6.93. The van der Waals surface area contributed by atoms with Gasteiger partial charge in [0.2, 0.25) is 5.60 Å². The maximum Gasteiger partial charge on any atom is 0.426 e. The minimum Gasteiger partial charge on any atom is -0.373 e. The van der Waals surface area contributed by atoms with Crippen LogP contribution in [-0.4, -0.2) is 28.6 Å². The summed E-state index contributed by atoms with van der Waals surface area (Å²) in [6, 6.07) is 13.8. The fraction of sp³-hybridized carbons (Fsp3) is 0.176. The van der Waals surface area contributed by atoms with Gasteiger partial charge in [-0.25, -0.2) is 0 Å². The number of alkyl halides is 3. The minimum atomic E-state index is -5.12. The molecule has 0 aromatic heterocycles. The fourth-order valence-electron chi connectivity index (χ4n) is 1.88. The number of hydrogen-bond donors (Lipinski definition) is 2. The Morgan fingerprint density at radius 3 is 2.12 bits per heavy atom. The molecule has 0 saturated carbocycles. The van der Waals surface area contributed by atoms with Crippen LogP contribution in [0.1, 0.15) is 22.8 Å². The Morgan fingerprint density at radius 2 is 1.54 bits per heavy atom. The highest BCUT2D eigenvalue weighted by Crippen LogP contribution is 2.31. The number of aliphatic hydroxyl groups is 1. The molecule has 2 rings (SSSR count). The van der Waals surface area contributed by atoms with Crippen LogP contribution in [0.4, 0.5) is 18.9 Å². The number of benzene rings is 2. The number of nitrogens with one attached hydrogen (secondary N) is 1.